The zero-order chi connectivity index (χ0) is 10.7. The predicted molar refractivity (Wildman–Crippen MR) is 60.8 cm³/mol. The van der Waals surface area contributed by atoms with E-state index in [-0.39, 0.29) is 0 Å². The SMILES string of the molecule is CNC(c1ccc(C)o1)C1CCCNC1. The van der Waals surface area contributed by atoms with E-state index in [9.17, 15) is 0 Å². The third-order valence-electron chi connectivity index (χ3n) is 3.19. The molecular weight excluding hydrogens is 188 g/mol. The van der Waals surface area contributed by atoms with Gasteiger partial charge in [0, 0.05) is 0 Å². The van der Waals surface area contributed by atoms with Crippen LogP contribution in [0.25, 0.3) is 0 Å². The minimum absolute atomic E-state index is 0.353. The first kappa shape index (κ1) is 10.7. The molecule has 0 aromatic carbocycles. The van der Waals surface area contributed by atoms with Gasteiger partial charge in [-0.25, -0.2) is 0 Å². The van der Waals surface area contributed by atoms with Gasteiger partial charge in [0.1, 0.15) is 11.5 Å². The molecule has 3 nitrogen and oxygen atoms in total. The molecule has 1 saturated heterocycles. The maximum absolute atomic E-state index is 5.70. The smallest absolute Gasteiger partial charge is 0.121 e. The molecule has 84 valence electrons. The summed E-state index contributed by atoms with van der Waals surface area (Å²) >= 11 is 0. The monoisotopic (exact) mass is 208 g/mol. The molecule has 0 radical (unpaired) electrons. The summed E-state index contributed by atoms with van der Waals surface area (Å²) in [5.41, 5.74) is 0. The molecule has 0 bridgehead atoms. The molecule has 0 amide bonds. The summed E-state index contributed by atoms with van der Waals surface area (Å²) in [6, 6.07) is 4.48. The van der Waals surface area contributed by atoms with E-state index in [0.717, 1.165) is 24.6 Å². The maximum Gasteiger partial charge on any atom is 0.121 e. The molecule has 0 spiro atoms. The minimum Gasteiger partial charge on any atom is -0.465 e. The second kappa shape index (κ2) is 4.81. The molecular formula is C12H20N2O. The summed E-state index contributed by atoms with van der Waals surface area (Å²) < 4.78 is 5.70. The van der Waals surface area contributed by atoms with Gasteiger partial charge in [-0.15, -0.1) is 0 Å². The molecule has 1 aromatic heterocycles. The number of aryl methyl sites for hydroxylation is 1. The van der Waals surface area contributed by atoms with Crippen LogP contribution in [0, 0.1) is 12.8 Å². The summed E-state index contributed by atoms with van der Waals surface area (Å²) in [5.74, 6) is 2.71. The molecule has 1 aromatic rings. The topological polar surface area (TPSA) is 37.2 Å². The van der Waals surface area contributed by atoms with Gasteiger partial charge in [-0.1, -0.05) is 0 Å². The number of hydrogen-bond donors (Lipinski definition) is 2. The summed E-state index contributed by atoms with van der Waals surface area (Å²) in [7, 11) is 2.01. The van der Waals surface area contributed by atoms with Crippen LogP contribution in [-0.2, 0) is 0 Å². The van der Waals surface area contributed by atoms with Gasteiger partial charge in [-0.3, -0.25) is 0 Å². The van der Waals surface area contributed by atoms with Crippen LogP contribution in [0.2, 0.25) is 0 Å². The Morgan fingerprint density at radius 3 is 2.93 bits per heavy atom. The fraction of sp³-hybridized carbons (Fsp3) is 0.667. The number of nitrogens with one attached hydrogen (secondary N) is 2. The predicted octanol–water partition coefficient (Wildman–Crippen LogP) is 1.85. The van der Waals surface area contributed by atoms with Gasteiger partial charge in [0.05, 0.1) is 6.04 Å². The Morgan fingerprint density at radius 2 is 2.40 bits per heavy atom. The Balaban J connectivity index is 2.08. The normalized spacial score (nSPS) is 24.0. The first-order valence-corrected chi connectivity index (χ1v) is 5.75. The van der Waals surface area contributed by atoms with Crippen LogP contribution >= 0.6 is 0 Å². The number of hydrogen-bond acceptors (Lipinski definition) is 3. The average Bonchev–Trinajstić information content (AvgIpc) is 2.68. The fourth-order valence-electron chi connectivity index (χ4n) is 2.39. The highest BCUT2D eigenvalue weighted by molar-refractivity contribution is 5.11. The Kier molecular flexibility index (Phi) is 3.44. The molecule has 1 fully saturated rings. The Hall–Kier alpha value is -0.800. The van der Waals surface area contributed by atoms with Gasteiger partial charge in [0.2, 0.25) is 0 Å². The van der Waals surface area contributed by atoms with Crippen molar-refractivity contribution in [1.82, 2.24) is 10.6 Å². The lowest BCUT2D eigenvalue weighted by Gasteiger charge is -2.29. The van der Waals surface area contributed by atoms with Crippen molar-refractivity contribution in [2.24, 2.45) is 5.92 Å². The van der Waals surface area contributed by atoms with Crippen LogP contribution in [0.3, 0.4) is 0 Å². The van der Waals surface area contributed by atoms with Crippen molar-refractivity contribution in [3.05, 3.63) is 23.7 Å². The van der Waals surface area contributed by atoms with E-state index in [4.69, 9.17) is 4.42 Å². The second-order valence-electron chi connectivity index (χ2n) is 4.32. The van der Waals surface area contributed by atoms with Crippen molar-refractivity contribution >= 4 is 0 Å². The van der Waals surface area contributed by atoms with Crippen LogP contribution in [0.1, 0.15) is 30.4 Å². The van der Waals surface area contributed by atoms with E-state index in [1.807, 2.05) is 20.0 Å². The van der Waals surface area contributed by atoms with Crippen LogP contribution in [0.4, 0.5) is 0 Å². The molecule has 2 heterocycles. The van der Waals surface area contributed by atoms with E-state index in [0.29, 0.717) is 12.0 Å². The average molecular weight is 208 g/mol. The van der Waals surface area contributed by atoms with Crippen LogP contribution < -0.4 is 10.6 Å². The highest BCUT2D eigenvalue weighted by Crippen LogP contribution is 2.27. The van der Waals surface area contributed by atoms with Crippen molar-refractivity contribution in [1.29, 1.82) is 0 Å². The Bertz CT molecular complexity index is 302. The lowest BCUT2D eigenvalue weighted by atomic mass is 9.90. The van der Waals surface area contributed by atoms with E-state index < -0.39 is 0 Å². The van der Waals surface area contributed by atoms with Gasteiger partial charge in [-0.05, 0) is 58.0 Å². The second-order valence-corrected chi connectivity index (χ2v) is 4.32. The number of furan rings is 1. The van der Waals surface area contributed by atoms with E-state index in [1.54, 1.807) is 0 Å². The van der Waals surface area contributed by atoms with Crippen molar-refractivity contribution in [3.8, 4) is 0 Å². The van der Waals surface area contributed by atoms with E-state index in [2.05, 4.69) is 16.7 Å². The molecule has 0 aliphatic carbocycles. The van der Waals surface area contributed by atoms with Gasteiger partial charge < -0.3 is 15.1 Å². The number of piperidine rings is 1. The molecule has 2 N–H and O–H groups in total. The Morgan fingerprint density at radius 1 is 1.53 bits per heavy atom. The lowest BCUT2D eigenvalue weighted by molar-refractivity contribution is 0.265. The molecule has 3 heteroatoms. The molecule has 2 atom stereocenters. The fourth-order valence-corrected chi connectivity index (χ4v) is 2.39. The lowest BCUT2D eigenvalue weighted by Crippen LogP contribution is -2.37. The third-order valence-corrected chi connectivity index (χ3v) is 3.19. The quantitative estimate of drug-likeness (QED) is 0.796. The molecule has 2 unspecified atom stereocenters. The first-order chi connectivity index (χ1) is 7.31. The van der Waals surface area contributed by atoms with Crippen molar-refractivity contribution < 1.29 is 4.42 Å². The zero-order valence-corrected chi connectivity index (χ0v) is 9.55. The molecule has 2 rings (SSSR count). The van der Waals surface area contributed by atoms with Crippen molar-refractivity contribution in [2.45, 2.75) is 25.8 Å². The highest BCUT2D eigenvalue weighted by atomic mass is 16.3. The Labute approximate surface area is 91.2 Å². The van der Waals surface area contributed by atoms with Crippen LogP contribution in [0.15, 0.2) is 16.5 Å². The third kappa shape index (κ3) is 2.41. The standard InChI is InChI=1S/C12H20N2O/c1-9-5-6-11(15-9)12(13-2)10-4-3-7-14-8-10/h5-6,10,12-14H,3-4,7-8H2,1-2H3. The summed E-state index contributed by atoms with van der Waals surface area (Å²) in [5, 5.41) is 6.81. The summed E-state index contributed by atoms with van der Waals surface area (Å²) in [6.45, 7) is 4.24. The van der Waals surface area contributed by atoms with Crippen molar-refractivity contribution in [3.63, 3.8) is 0 Å². The maximum atomic E-state index is 5.70. The summed E-state index contributed by atoms with van der Waals surface area (Å²) in [6.07, 6.45) is 2.54. The highest BCUT2D eigenvalue weighted by Gasteiger charge is 2.25. The van der Waals surface area contributed by atoms with Gasteiger partial charge >= 0.3 is 0 Å². The van der Waals surface area contributed by atoms with E-state index in [1.165, 1.54) is 12.8 Å². The van der Waals surface area contributed by atoms with E-state index >= 15 is 0 Å². The molecule has 1 aliphatic heterocycles. The molecule has 15 heavy (non-hydrogen) atoms. The van der Waals surface area contributed by atoms with Crippen LogP contribution in [0.5, 0.6) is 0 Å². The van der Waals surface area contributed by atoms with Crippen molar-refractivity contribution in [2.75, 3.05) is 20.1 Å². The van der Waals surface area contributed by atoms with Gasteiger partial charge in [-0.2, -0.15) is 0 Å². The number of rotatable bonds is 3. The first-order valence-electron chi connectivity index (χ1n) is 5.75. The molecule has 0 saturated carbocycles. The molecule has 1 aliphatic rings. The van der Waals surface area contributed by atoms with Gasteiger partial charge in [0.25, 0.3) is 0 Å². The largest absolute Gasteiger partial charge is 0.465 e. The van der Waals surface area contributed by atoms with Crippen LogP contribution in [-0.4, -0.2) is 20.1 Å². The summed E-state index contributed by atoms with van der Waals surface area (Å²) in [4.78, 5) is 0. The van der Waals surface area contributed by atoms with Gasteiger partial charge in [0.15, 0.2) is 0 Å². The zero-order valence-electron chi connectivity index (χ0n) is 9.55. The minimum atomic E-state index is 0.353.